The summed E-state index contributed by atoms with van der Waals surface area (Å²) < 4.78 is 7.55. The van der Waals surface area contributed by atoms with Crippen LogP contribution < -0.4 is 10.6 Å². The molecule has 0 unspecified atom stereocenters. The van der Waals surface area contributed by atoms with Gasteiger partial charge in [-0.25, -0.2) is 9.97 Å². The number of nitrogens with zero attached hydrogens (tertiary/aromatic N) is 6. The molecular formula is C33H43N7O2. The molecular weight excluding hydrogens is 526 g/mol. The minimum absolute atomic E-state index is 0.250. The molecule has 1 aliphatic carbocycles. The normalized spacial score (nSPS) is 26.6. The number of piperidine rings is 2. The average Bonchev–Trinajstić information content (AvgIpc) is 3.48. The van der Waals surface area contributed by atoms with Gasteiger partial charge in [-0.05, 0) is 96.2 Å². The van der Waals surface area contributed by atoms with Crippen LogP contribution in [0.4, 0.5) is 11.5 Å². The molecule has 1 amide bonds. The van der Waals surface area contributed by atoms with Crippen molar-refractivity contribution in [3.05, 3.63) is 36.2 Å². The third-order valence-corrected chi connectivity index (χ3v) is 11.0. The van der Waals surface area contributed by atoms with Gasteiger partial charge in [-0.1, -0.05) is 18.6 Å². The van der Waals surface area contributed by atoms with Crippen molar-refractivity contribution < 1.29 is 9.53 Å². The number of fused-ring (bicyclic) bond motifs is 3. The number of ether oxygens (including phenoxy) is 1. The molecule has 1 saturated carbocycles. The molecule has 5 aliphatic rings. The van der Waals surface area contributed by atoms with E-state index in [9.17, 15) is 4.79 Å². The number of pyridine rings is 1. The number of hydrogen-bond donors (Lipinski definition) is 1. The summed E-state index contributed by atoms with van der Waals surface area (Å²) in [5, 5.41) is 0. The maximum Gasteiger partial charge on any atom is 0.238 e. The minimum atomic E-state index is -0.433. The summed E-state index contributed by atoms with van der Waals surface area (Å²) in [5.41, 5.74) is 11.9. The molecule has 42 heavy (non-hydrogen) atoms. The highest BCUT2D eigenvalue weighted by Gasteiger charge is 2.56. The van der Waals surface area contributed by atoms with E-state index in [-0.39, 0.29) is 12.1 Å². The van der Waals surface area contributed by atoms with E-state index in [1.54, 1.807) is 0 Å². The first-order chi connectivity index (χ1) is 20.4. The highest BCUT2D eigenvalue weighted by molar-refractivity contribution is 6.09. The molecule has 1 aromatic carbocycles. The van der Waals surface area contributed by atoms with E-state index in [1.165, 1.54) is 37.9 Å². The van der Waals surface area contributed by atoms with Crippen LogP contribution >= 0.6 is 0 Å². The highest BCUT2D eigenvalue weighted by atomic mass is 16.5. The molecule has 0 atom stereocenters. The molecule has 0 bridgehead atoms. The van der Waals surface area contributed by atoms with Crippen LogP contribution in [0.1, 0.15) is 70.4 Å². The average molecular weight is 570 g/mol. The van der Waals surface area contributed by atoms with E-state index < -0.39 is 5.41 Å². The van der Waals surface area contributed by atoms with Gasteiger partial charge in [0, 0.05) is 29.4 Å². The number of aromatic nitrogens is 3. The van der Waals surface area contributed by atoms with Crippen molar-refractivity contribution in [2.24, 2.45) is 0 Å². The van der Waals surface area contributed by atoms with Crippen molar-refractivity contribution in [1.82, 2.24) is 24.3 Å². The summed E-state index contributed by atoms with van der Waals surface area (Å²) in [6.07, 6.45) is 9.69. The Balaban J connectivity index is 1.14. The van der Waals surface area contributed by atoms with Crippen LogP contribution in [0.5, 0.6) is 0 Å². The van der Waals surface area contributed by atoms with Gasteiger partial charge in [0.2, 0.25) is 5.91 Å². The molecule has 222 valence electrons. The fourth-order valence-electron chi connectivity index (χ4n) is 8.28. The van der Waals surface area contributed by atoms with E-state index >= 15 is 0 Å². The zero-order chi connectivity index (χ0) is 28.6. The zero-order valence-electron chi connectivity index (χ0n) is 25.0. The summed E-state index contributed by atoms with van der Waals surface area (Å²) in [7, 11) is 0. The first kappa shape index (κ1) is 26.6. The van der Waals surface area contributed by atoms with E-state index in [0.29, 0.717) is 23.8 Å². The molecule has 2 N–H and O–H groups in total. The van der Waals surface area contributed by atoms with Gasteiger partial charge in [-0.15, -0.1) is 0 Å². The number of rotatable bonds is 5. The Morgan fingerprint density at radius 3 is 2.38 bits per heavy atom. The van der Waals surface area contributed by atoms with Gasteiger partial charge in [0.25, 0.3) is 0 Å². The van der Waals surface area contributed by atoms with Crippen LogP contribution in [-0.2, 0) is 14.9 Å². The van der Waals surface area contributed by atoms with Crippen LogP contribution in [-0.4, -0.2) is 87.8 Å². The van der Waals surface area contributed by atoms with Crippen molar-refractivity contribution in [3.63, 3.8) is 0 Å². The Labute approximate surface area is 248 Å². The summed E-state index contributed by atoms with van der Waals surface area (Å²) in [6.45, 7) is 10.2. The van der Waals surface area contributed by atoms with Crippen molar-refractivity contribution in [3.8, 4) is 11.3 Å². The van der Waals surface area contributed by atoms with Crippen molar-refractivity contribution in [2.45, 2.75) is 88.4 Å². The van der Waals surface area contributed by atoms with Crippen LogP contribution in [0.3, 0.4) is 0 Å². The molecule has 9 heteroatoms. The van der Waals surface area contributed by atoms with E-state index in [4.69, 9.17) is 15.5 Å². The largest absolute Gasteiger partial charge is 0.382 e. The third kappa shape index (κ3) is 4.03. The Kier molecular flexibility index (Phi) is 6.35. The lowest BCUT2D eigenvalue weighted by Crippen LogP contribution is -2.59. The van der Waals surface area contributed by atoms with Gasteiger partial charge in [0.15, 0.2) is 0 Å². The maximum absolute atomic E-state index is 14.6. The number of carbonyl (C=O) groups is 1. The Bertz CT molecular complexity index is 1510. The van der Waals surface area contributed by atoms with Gasteiger partial charge in [0.05, 0.1) is 42.2 Å². The number of nitrogen functional groups attached to an aromatic ring is 1. The molecule has 4 fully saturated rings. The van der Waals surface area contributed by atoms with Crippen LogP contribution in [0.15, 0.2) is 30.6 Å². The monoisotopic (exact) mass is 569 g/mol. The zero-order valence-corrected chi connectivity index (χ0v) is 25.0. The lowest BCUT2D eigenvalue weighted by atomic mass is 9.73. The second kappa shape index (κ2) is 10.0. The van der Waals surface area contributed by atoms with Gasteiger partial charge in [-0.2, -0.15) is 0 Å². The fraction of sp³-hybridized carbons (Fsp3) is 0.606. The smallest absolute Gasteiger partial charge is 0.238 e. The van der Waals surface area contributed by atoms with Gasteiger partial charge in [-0.3, -0.25) is 9.69 Å². The van der Waals surface area contributed by atoms with Crippen LogP contribution in [0.2, 0.25) is 0 Å². The number of likely N-dealkylation sites (tertiary alicyclic amines) is 2. The lowest BCUT2D eigenvalue weighted by Gasteiger charge is -2.48. The summed E-state index contributed by atoms with van der Waals surface area (Å²) in [5.74, 6) is 0.814. The Morgan fingerprint density at radius 2 is 1.69 bits per heavy atom. The second-order valence-electron chi connectivity index (χ2n) is 13.6. The Hall–Kier alpha value is -3.01. The summed E-state index contributed by atoms with van der Waals surface area (Å²) in [6, 6.07) is 10.3. The number of benzene rings is 1. The molecule has 3 aromatic rings. The number of imidazole rings is 1. The van der Waals surface area contributed by atoms with Gasteiger partial charge < -0.3 is 24.8 Å². The van der Waals surface area contributed by atoms with Gasteiger partial charge >= 0.3 is 0 Å². The SMILES string of the molecule is CC(C)n1cnc2cc(-c3ccc4c(c3)N(C3CC(N5CCCCC5)C3)C(=O)C43CCN(C4COC4)CC3)nc(N)c21. The minimum Gasteiger partial charge on any atom is -0.382 e. The van der Waals surface area contributed by atoms with Crippen LogP contribution in [0.25, 0.3) is 22.3 Å². The van der Waals surface area contributed by atoms with E-state index in [1.807, 2.05) is 12.4 Å². The summed E-state index contributed by atoms with van der Waals surface area (Å²) >= 11 is 0. The lowest BCUT2D eigenvalue weighted by molar-refractivity contribution is -0.128. The van der Waals surface area contributed by atoms with E-state index in [0.717, 1.165) is 80.0 Å². The molecule has 3 saturated heterocycles. The predicted octanol–water partition coefficient (Wildman–Crippen LogP) is 4.36. The predicted molar refractivity (Wildman–Crippen MR) is 165 cm³/mol. The fourth-order valence-corrected chi connectivity index (χ4v) is 8.28. The van der Waals surface area contributed by atoms with Gasteiger partial charge in [0.1, 0.15) is 11.3 Å². The standard InChI is InChI=1S/C33H43N7O2/c1-21(2)39-20-35-28-17-27(36-31(34)30(28)39)22-6-7-26-29(14-22)40(24-15-23(16-24)37-10-4-3-5-11-37)32(41)33(26)8-12-38(13-9-33)25-18-42-19-25/h6-7,14,17,20-21,23-25H,3-5,8-13,15-16,18-19H2,1-2H3,(H2,34,36). The molecule has 8 rings (SSSR count). The number of anilines is 2. The molecule has 1 spiro atoms. The topological polar surface area (TPSA) is 92.8 Å². The number of carbonyl (C=O) groups excluding carboxylic acids is 1. The molecule has 0 radical (unpaired) electrons. The number of hydrogen-bond acceptors (Lipinski definition) is 7. The molecule has 4 aliphatic heterocycles. The second-order valence-corrected chi connectivity index (χ2v) is 13.6. The van der Waals surface area contributed by atoms with Crippen molar-refractivity contribution >= 4 is 28.4 Å². The van der Waals surface area contributed by atoms with Crippen molar-refractivity contribution in [2.75, 3.05) is 50.0 Å². The third-order valence-electron chi connectivity index (χ3n) is 11.0. The molecule has 2 aromatic heterocycles. The van der Waals surface area contributed by atoms with Crippen molar-refractivity contribution in [1.29, 1.82) is 0 Å². The number of nitrogens with two attached hydrogens (primary N) is 1. The first-order valence-corrected chi connectivity index (χ1v) is 16.1. The van der Waals surface area contributed by atoms with Crippen LogP contribution in [0, 0.1) is 0 Å². The number of amides is 1. The maximum atomic E-state index is 14.6. The summed E-state index contributed by atoms with van der Waals surface area (Å²) in [4.78, 5) is 31.5. The van der Waals surface area contributed by atoms with E-state index in [2.05, 4.69) is 56.3 Å². The Morgan fingerprint density at radius 1 is 0.952 bits per heavy atom. The molecule has 9 nitrogen and oxygen atoms in total. The first-order valence-electron chi connectivity index (χ1n) is 16.1. The quantitative estimate of drug-likeness (QED) is 0.488. The molecule has 6 heterocycles. The highest BCUT2D eigenvalue weighted by Crippen LogP contribution is 2.52.